The van der Waals surface area contributed by atoms with Gasteiger partial charge in [0, 0.05) is 5.56 Å². The zero-order valence-corrected chi connectivity index (χ0v) is 15.7. The fourth-order valence-corrected chi connectivity index (χ4v) is 2.32. The maximum absolute atomic E-state index is 12.3. The van der Waals surface area contributed by atoms with Gasteiger partial charge in [-0.1, -0.05) is 19.1 Å². The number of para-hydroxylation sites is 1. The lowest BCUT2D eigenvalue weighted by atomic mass is 10.1. The number of carbonyl (C=O) groups excluding carboxylic acids is 3. The average Bonchev–Trinajstić information content (AvgIpc) is 2.66. The Morgan fingerprint density at radius 1 is 1.04 bits per heavy atom. The van der Waals surface area contributed by atoms with Gasteiger partial charge in [-0.25, -0.2) is 4.79 Å². The summed E-state index contributed by atoms with van der Waals surface area (Å²) in [5.41, 5.74) is 1.10. The maximum atomic E-state index is 12.3. The lowest BCUT2D eigenvalue weighted by Gasteiger charge is -2.15. The molecule has 2 rings (SSSR count). The molecule has 0 fully saturated rings. The molecule has 0 unspecified atom stereocenters. The van der Waals surface area contributed by atoms with E-state index in [0.29, 0.717) is 29.2 Å². The van der Waals surface area contributed by atoms with Gasteiger partial charge in [0.2, 0.25) is 0 Å². The molecular weight excluding hydrogens is 346 g/mol. The van der Waals surface area contributed by atoms with Crippen molar-refractivity contribution in [3.05, 3.63) is 59.7 Å². The number of hydrogen-bond acceptors (Lipinski definition) is 5. The summed E-state index contributed by atoms with van der Waals surface area (Å²) in [6.45, 7) is 5.50. The molecule has 0 bridgehead atoms. The van der Waals surface area contributed by atoms with Crippen molar-refractivity contribution >= 4 is 23.3 Å². The molecule has 2 aromatic rings. The number of benzene rings is 2. The van der Waals surface area contributed by atoms with Crippen LogP contribution in [0.25, 0.3) is 0 Å². The Balaban J connectivity index is 1.97. The summed E-state index contributed by atoms with van der Waals surface area (Å²) < 4.78 is 10.7. The number of amides is 1. The standard InChI is InChI=1S/C21H23NO5/c1-4-13-26-17-11-9-16(10-12-17)21(25)27-15(3)20(24)22-19-8-6-5-7-18(19)14(2)23/h5-12,15H,4,13H2,1-3H3,(H,22,24)/t15-/m0/s1. The second kappa shape index (κ2) is 9.52. The fraction of sp³-hybridized carbons (Fsp3) is 0.286. The monoisotopic (exact) mass is 369 g/mol. The molecule has 0 aliphatic carbocycles. The molecule has 0 heterocycles. The van der Waals surface area contributed by atoms with Crippen LogP contribution in [0.3, 0.4) is 0 Å². The van der Waals surface area contributed by atoms with Crippen LogP contribution in [-0.2, 0) is 9.53 Å². The molecule has 27 heavy (non-hydrogen) atoms. The second-order valence-electron chi connectivity index (χ2n) is 6.01. The van der Waals surface area contributed by atoms with Gasteiger partial charge >= 0.3 is 5.97 Å². The van der Waals surface area contributed by atoms with Gasteiger partial charge in [0.1, 0.15) is 5.75 Å². The molecule has 1 N–H and O–H groups in total. The second-order valence-corrected chi connectivity index (χ2v) is 6.01. The number of carbonyl (C=O) groups is 3. The molecule has 2 aromatic carbocycles. The molecule has 0 spiro atoms. The van der Waals surface area contributed by atoms with E-state index in [1.54, 1.807) is 48.5 Å². The minimum absolute atomic E-state index is 0.166. The van der Waals surface area contributed by atoms with Gasteiger partial charge in [0.15, 0.2) is 11.9 Å². The van der Waals surface area contributed by atoms with Gasteiger partial charge in [0.25, 0.3) is 5.91 Å². The van der Waals surface area contributed by atoms with E-state index in [9.17, 15) is 14.4 Å². The number of ketones is 1. The Hall–Kier alpha value is -3.15. The normalized spacial score (nSPS) is 11.4. The zero-order chi connectivity index (χ0) is 19.8. The van der Waals surface area contributed by atoms with Crippen LogP contribution in [0.4, 0.5) is 5.69 Å². The van der Waals surface area contributed by atoms with Gasteiger partial charge in [-0.3, -0.25) is 9.59 Å². The van der Waals surface area contributed by atoms with Crippen LogP contribution in [-0.4, -0.2) is 30.4 Å². The van der Waals surface area contributed by atoms with Crippen LogP contribution in [0.5, 0.6) is 5.75 Å². The Morgan fingerprint density at radius 2 is 1.70 bits per heavy atom. The molecule has 0 aromatic heterocycles. The molecule has 0 aliphatic rings. The summed E-state index contributed by atoms with van der Waals surface area (Å²) in [6.07, 6.45) is -0.128. The van der Waals surface area contributed by atoms with Crippen LogP contribution in [0, 0.1) is 0 Å². The largest absolute Gasteiger partial charge is 0.494 e. The van der Waals surface area contributed by atoms with Crippen molar-refractivity contribution in [1.29, 1.82) is 0 Å². The summed E-state index contributed by atoms with van der Waals surface area (Å²) in [4.78, 5) is 36.1. The van der Waals surface area contributed by atoms with E-state index in [-0.39, 0.29) is 5.78 Å². The zero-order valence-electron chi connectivity index (χ0n) is 15.7. The molecule has 142 valence electrons. The molecule has 0 radical (unpaired) electrons. The van der Waals surface area contributed by atoms with E-state index in [1.807, 2.05) is 6.92 Å². The molecule has 0 aliphatic heterocycles. The van der Waals surface area contributed by atoms with Crippen molar-refractivity contribution < 1.29 is 23.9 Å². The number of ether oxygens (including phenoxy) is 2. The first-order valence-corrected chi connectivity index (χ1v) is 8.77. The van der Waals surface area contributed by atoms with Crippen molar-refractivity contribution in [2.45, 2.75) is 33.3 Å². The third kappa shape index (κ3) is 5.67. The minimum atomic E-state index is -1.02. The summed E-state index contributed by atoms with van der Waals surface area (Å²) in [5, 5.41) is 2.62. The third-order valence-corrected chi connectivity index (χ3v) is 3.78. The molecular formula is C21H23NO5. The lowest BCUT2D eigenvalue weighted by molar-refractivity contribution is -0.123. The Kier molecular flexibility index (Phi) is 7.11. The van der Waals surface area contributed by atoms with E-state index >= 15 is 0 Å². The first-order chi connectivity index (χ1) is 12.9. The fourth-order valence-electron chi connectivity index (χ4n) is 2.32. The highest BCUT2D eigenvalue weighted by Gasteiger charge is 2.20. The van der Waals surface area contributed by atoms with Crippen LogP contribution < -0.4 is 10.1 Å². The van der Waals surface area contributed by atoms with Crippen molar-refractivity contribution in [3.8, 4) is 5.75 Å². The van der Waals surface area contributed by atoms with Crippen molar-refractivity contribution in [2.24, 2.45) is 0 Å². The van der Waals surface area contributed by atoms with Crippen LogP contribution in [0.1, 0.15) is 47.9 Å². The highest BCUT2D eigenvalue weighted by Crippen LogP contribution is 2.17. The lowest BCUT2D eigenvalue weighted by Crippen LogP contribution is -2.30. The van der Waals surface area contributed by atoms with Crippen LogP contribution in [0.2, 0.25) is 0 Å². The Bertz CT molecular complexity index is 814. The average molecular weight is 369 g/mol. The van der Waals surface area contributed by atoms with E-state index in [4.69, 9.17) is 9.47 Å². The topological polar surface area (TPSA) is 81.7 Å². The van der Waals surface area contributed by atoms with Gasteiger partial charge in [-0.05, 0) is 56.7 Å². The number of esters is 1. The van der Waals surface area contributed by atoms with Crippen LogP contribution in [0.15, 0.2) is 48.5 Å². The van der Waals surface area contributed by atoms with Gasteiger partial charge in [-0.2, -0.15) is 0 Å². The van der Waals surface area contributed by atoms with E-state index in [1.165, 1.54) is 13.8 Å². The number of rotatable bonds is 8. The van der Waals surface area contributed by atoms with E-state index < -0.39 is 18.0 Å². The highest BCUT2D eigenvalue weighted by atomic mass is 16.5. The summed E-state index contributed by atoms with van der Waals surface area (Å²) in [5.74, 6) is -0.625. The van der Waals surface area contributed by atoms with E-state index in [0.717, 1.165) is 6.42 Å². The summed E-state index contributed by atoms with van der Waals surface area (Å²) >= 11 is 0. The smallest absolute Gasteiger partial charge is 0.338 e. The summed E-state index contributed by atoms with van der Waals surface area (Å²) in [7, 11) is 0. The van der Waals surface area contributed by atoms with Crippen molar-refractivity contribution in [1.82, 2.24) is 0 Å². The predicted octanol–water partition coefficient (Wildman–Crippen LogP) is 3.86. The number of Topliss-reactive ketones (excluding diaryl/α,β-unsaturated/α-hetero) is 1. The van der Waals surface area contributed by atoms with Gasteiger partial charge in [-0.15, -0.1) is 0 Å². The quantitative estimate of drug-likeness (QED) is 0.564. The molecule has 6 heteroatoms. The molecule has 0 saturated carbocycles. The first-order valence-electron chi connectivity index (χ1n) is 8.77. The van der Waals surface area contributed by atoms with E-state index in [2.05, 4.69) is 5.32 Å². The van der Waals surface area contributed by atoms with Gasteiger partial charge < -0.3 is 14.8 Å². The molecule has 0 saturated heterocycles. The van der Waals surface area contributed by atoms with Crippen LogP contribution >= 0.6 is 0 Å². The number of anilines is 1. The molecule has 1 atom stereocenters. The Labute approximate surface area is 158 Å². The van der Waals surface area contributed by atoms with Crippen molar-refractivity contribution in [3.63, 3.8) is 0 Å². The predicted molar refractivity (Wildman–Crippen MR) is 102 cm³/mol. The number of hydrogen-bond donors (Lipinski definition) is 1. The molecule has 6 nitrogen and oxygen atoms in total. The summed E-state index contributed by atoms with van der Waals surface area (Å²) in [6, 6.07) is 13.2. The van der Waals surface area contributed by atoms with Gasteiger partial charge in [0.05, 0.1) is 17.9 Å². The SMILES string of the molecule is CCCOc1ccc(C(=O)O[C@@H](C)C(=O)Nc2ccccc2C(C)=O)cc1. The molecule has 1 amide bonds. The minimum Gasteiger partial charge on any atom is -0.494 e. The Morgan fingerprint density at radius 3 is 2.33 bits per heavy atom. The highest BCUT2D eigenvalue weighted by molar-refractivity contribution is 6.05. The van der Waals surface area contributed by atoms with Crippen molar-refractivity contribution in [2.75, 3.05) is 11.9 Å². The number of nitrogens with one attached hydrogen (secondary N) is 1. The first kappa shape index (κ1) is 20.2. The third-order valence-electron chi connectivity index (χ3n) is 3.78. The maximum Gasteiger partial charge on any atom is 0.338 e.